The molecule has 2 aromatic rings. The van der Waals surface area contributed by atoms with Gasteiger partial charge in [0.25, 0.3) is 0 Å². The second kappa shape index (κ2) is 8.93. The summed E-state index contributed by atoms with van der Waals surface area (Å²) in [4.78, 5) is 11.3. The highest BCUT2D eigenvalue weighted by atomic mass is 32.2. The zero-order valence-corrected chi connectivity index (χ0v) is 17.9. The van der Waals surface area contributed by atoms with Gasteiger partial charge in [0.15, 0.2) is 0 Å². The number of hydrogen-bond donors (Lipinski definition) is 0. The van der Waals surface area contributed by atoms with E-state index in [1.807, 2.05) is 22.9 Å². The molecule has 1 atom stereocenters. The third-order valence-electron chi connectivity index (χ3n) is 5.86. The minimum Gasteiger partial charge on any atom is -0.383 e. The van der Waals surface area contributed by atoms with Crippen LogP contribution in [0.1, 0.15) is 49.5 Å². The van der Waals surface area contributed by atoms with Crippen LogP contribution in [0.5, 0.6) is 0 Å². The lowest BCUT2D eigenvalue weighted by Gasteiger charge is -2.35. The zero-order chi connectivity index (χ0) is 20.3. The number of piperidine rings is 1. The van der Waals surface area contributed by atoms with E-state index in [1.54, 1.807) is 13.3 Å². The van der Waals surface area contributed by atoms with Gasteiger partial charge >= 0.3 is 0 Å². The summed E-state index contributed by atoms with van der Waals surface area (Å²) in [5.74, 6) is 0.503. The lowest BCUT2D eigenvalue weighted by Crippen LogP contribution is -2.34. The molecule has 1 aliphatic carbocycles. The summed E-state index contributed by atoms with van der Waals surface area (Å²) in [7, 11) is -1.74. The first-order valence-corrected chi connectivity index (χ1v) is 12.1. The average molecular weight is 419 g/mol. The molecule has 0 radical (unpaired) electrons. The Morgan fingerprint density at radius 3 is 2.76 bits per heavy atom. The van der Waals surface area contributed by atoms with Crippen molar-refractivity contribution in [3.8, 4) is 0 Å². The Labute approximate surface area is 173 Å². The molecular weight excluding hydrogens is 388 g/mol. The summed E-state index contributed by atoms with van der Waals surface area (Å²) in [5, 5.41) is 0.197. The van der Waals surface area contributed by atoms with E-state index >= 15 is 0 Å². The molecule has 2 aliphatic rings. The molecule has 0 amide bonds. The molecular formula is C21H30N4O3S. The van der Waals surface area contributed by atoms with Crippen molar-refractivity contribution in [2.45, 2.75) is 56.4 Å². The molecule has 2 aromatic heterocycles. The van der Waals surface area contributed by atoms with Gasteiger partial charge in [-0.3, -0.25) is 9.88 Å². The van der Waals surface area contributed by atoms with Crippen molar-refractivity contribution >= 4 is 9.84 Å². The van der Waals surface area contributed by atoms with Gasteiger partial charge in [0.1, 0.15) is 0 Å². The fourth-order valence-electron chi connectivity index (χ4n) is 4.15. The Morgan fingerprint density at radius 2 is 2.03 bits per heavy atom. The Bertz CT molecular complexity index is 909. The van der Waals surface area contributed by atoms with E-state index in [1.165, 1.54) is 6.42 Å². The SMILES string of the molecule is COCCn1c(CN2CCCCC2c2ccccn2)cnc1S(=O)(=O)CC1CC1. The fourth-order valence-corrected chi connectivity index (χ4v) is 6.01. The molecule has 4 rings (SSSR count). The predicted molar refractivity (Wildman–Crippen MR) is 110 cm³/mol. The molecule has 1 saturated heterocycles. The van der Waals surface area contributed by atoms with Gasteiger partial charge in [0.2, 0.25) is 15.0 Å². The Balaban J connectivity index is 1.59. The second-order valence-corrected chi connectivity index (χ2v) is 10.1. The maximum atomic E-state index is 12.9. The van der Waals surface area contributed by atoms with E-state index in [9.17, 15) is 8.42 Å². The van der Waals surface area contributed by atoms with Gasteiger partial charge in [-0.2, -0.15) is 0 Å². The van der Waals surface area contributed by atoms with E-state index in [2.05, 4.69) is 20.9 Å². The smallest absolute Gasteiger partial charge is 0.227 e. The number of sulfone groups is 1. The number of likely N-dealkylation sites (tertiary alicyclic amines) is 1. The summed E-state index contributed by atoms with van der Waals surface area (Å²) >= 11 is 0. The molecule has 1 saturated carbocycles. The van der Waals surface area contributed by atoms with Crippen LogP contribution in [0.15, 0.2) is 35.7 Å². The van der Waals surface area contributed by atoms with Gasteiger partial charge in [0.05, 0.1) is 36.0 Å². The van der Waals surface area contributed by atoms with Crippen molar-refractivity contribution in [1.82, 2.24) is 19.4 Å². The van der Waals surface area contributed by atoms with Gasteiger partial charge in [-0.25, -0.2) is 13.4 Å². The highest BCUT2D eigenvalue weighted by Gasteiger charge is 2.33. The number of methoxy groups -OCH3 is 1. The van der Waals surface area contributed by atoms with Crippen LogP contribution in [0.4, 0.5) is 0 Å². The Kier molecular flexibility index (Phi) is 6.32. The first-order valence-electron chi connectivity index (χ1n) is 10.5. The largest absolute Gasteiger partial charge is 0.383 e. The molecule has 7 nitrogen and oxygen atoms in total. The molecule has 0 N–H and O–H groups in total. The fraction of sp³-hybridized carbons (Fsp3) is 0.619. The van der Waals surface area contributed by atoms with E-state index in [0.717, 1.165) is 43.6 Å². The number of aromatic nitrogens is 3. The summed E-state index contributed by atoms with van der Waals surface area (Å²) in [6, 6.07) is 6.30. The Hall–Kier alpha value is -1.77. The van der Waals surface area contributed by atoms with Crippen molar-refractivity contribution < 1.29 is 13.2 Å². The zero-order valence-electron chi connectivity index (χ0n) is 17.0. The van der Waals surface area contributed by atoms with Gasteiger partial charge in [-0.15, -0.1) is 0 Å². The normalized spacial score (nSPS) is 20.8. The van der Waals surface area contributed by atoms with Crippen molar-refractivity contribution in [3.05, 3.63) is 42.0 Å². The molecule has 0 aromatic carbocycles. The summed E-state index contributed by atoms with van der Waals surface area (Å²) in [6.45, 7) is 2.59. The van der Waals surface area contributed by atoms with Crippen molar-refractivity contribution in [3.63, 3.8) is 0 Å². The quantitative estimate of drug-likeness (QED) is 0.623. The summed E-state index contributed by atoms with van der Waals surface area (Å²) < 4.78 is 32.9. The van der Waals surface area contributed by atoms with Gasteiger partial charge in [-0.05, 0) is 50.3 Å². The highest BCUT2D eigenvalue weighted by Crippen LogP contribution is 2.33. The maximum absolute atomic E-state index is 12.9. The van der Waals surface area contributed by atoms with Gasteiger partial charge < -0.3 is 9.30 Å². The van der Waals surface area contributed by atoms with Crippen LogP contribution in [-0.4, -0.2) is 53.9 Å². The van der Waals surface area contributed by atoms with E-state index in [-0.39, 0.29) is 17.0 Å². The molecule has 158 valence electrons. The molecule has 1 unspecified atom stereocenters. The Morgan fingerprint density at radius 1 is 1.17 bits per heavy atom. The molecule has 0 spiro atoms. The van der Waals surface area contributed by atoms with E-state index in [4.69, 9.17) is 4.74 Å². The highest BCUT2D eigenvalue weighted by molar-refractivity contribution is 7.91. The first kappa shape index (κ1) is 20.5. The summed E-state index contributed by atoms with van der Waals surface area (Å²) in [6.07, 6.45) is 8.97. The second-order valence-electron chi connectivity index (χ2n) is 8.14. The maximum Gasteiger partial charge on any atom is 0.227 e. The van der Waals surface area contributed by atoms with Crippen molar-refractivity contribution in [1.29, 1.82) is 0 Å². The minimum atomic E-state index is -3.38. The number of pyridine rings is 1. The molecule has 3 heterocycles. The number of imidazole rings is 1. The average Bonchev–Trinajstić information content (AvgIpc) is 3.44. The van der Waals surface area contributed by atoms with Crippen LogP contribution < -0.4 is 0 Å². The monoisotopic (exact) mass is 418 g/mol. The van der Waals surface area contributed by atoms with Crippen LogP contribution in [0.3, 0.4) is 0 Å². The number of nitrogens with zero attached hydrogens (tertiary/aromatic N) is 4. The third kappa shape index (κ3) is 4.87. The van der Waals surface area contributed by atoms with E-state index < -0.39 is 9.84 Å². The first-order chi connectivity index (χ1) is 14.1. The topological polar surface area (TPSA) is 77.3 Å². The van der Waals surface area contributed by atoms with Crippen LogP contribution in [0.25, 0.3) is 0 Å². The third-order valence-corrected chi connectivity index (χ3v) is 7.65. The standard InChI is InChI=1S/C21H30N4O3S/c1-28-13-12-25-18(14-23-21(25)29(26,27)16-17-8-9-17)15-24-11-5-3-7-20(24)19-6-2-4-10-22-19/h2,4,6,10,14,17,20H,3,5,7-9,11-13,15-16H2,1H3. The van der Waals surface area contributed by atoms with Crippen molar-refractivity contribution in [2.24, 2.45) is 5.92 Å². The number of ether oxygens (including phenoxy) is 1. The van der Waals surface area contributed by atoms with Crippen LogP contribution in [0.2, 0.25) is 0 Å². The molecule has 0 bridgehead atoms. The lowest BCUT2D eigenvalue weighted by atomic mass is 9.98. The van der Waals surface area contributed by atoms with Crippen LogP contribution >= 0.6 is 0 Å². The molecule has 29 heavy (non-hydrogen) atoms. The lowest BCUT2D eigenvalue weighted by molar-refractivity contribution is 0.131. The molecule has 2 fully saturated rings. The summed E-state index contributed by atoms with van der Waals surface area (Å²) in [5.41, 5.74) is 2.01. The molecule has 8 heteroatoms. The minimum absolute atomic E-state index is 0.197. The van der Waals surface area contributed by atoms with Gasteiger partial charge in [-0.1, -0.05) is 12.5 Å². The van der Waals surface area contributed by atoms with E-state index in [0.29, 0.717) is 25.6 Å². The van der Waals surface area contributed by atoms with Crippen molar-refractivity contribution in [2.75, 3.05) is 26.0 Å². The molecule has 1 aliphatic heterocycles. The number of hydrogen-bond acceptors (Lipinski definition) is 6. The van der Waals surface area contributed by atoms with Crippen LogP contribution in [-0.2, 0) is 27.7 Å². The van der Waals surface area contributed by atoms with Gasteiger partial charge in [0, 0.05) is 26.4 Å². The number of rotatable bonds is 9. The van der Waals surface area contributed by atoms with Crippen LogP contribution in [0, 0.1) is 5.92 Å². The predicted octanol–water partition coefficient (Wildman–Crippen LogP) is 2.84.